The van der Waals surface area contributed by atoms with Gasteiger partial charge in [-0.3, -0.25) is 4.79 Å². The van der Waals surface area contributed by atoms with E-state index in [0.29, 0.717) is 18.9 Å². The fraction of sp³-hybridized carbons (Fsp3) is 0.938. The van der Waals surface area contributed by atoms with Crippen LogP contribution in [0, 0.1) is 5.92 Å². The fourth-order valence-electron chi connectivity index (χ4n) is 4.21. The van der Waals surface area contributed by atoms with Crippen LogP contribution in [0.3, 0.4) is 0 Å². The van der Waals surface area contributed by atoms with Crippen molar-refractivity contribution in [2.45, 2.75) is 75.8 Å². The SMILES string of the molecule is O=C(C1CCC(F)(F)CC1)N1CCCCC1C1CCCN1. The highest BCUT2D eigenvalue weighted by atomic mass is 19.3. The second-order valence-electron chi connectivity index (χ2n) is 6.93. The van der Waals surface area contributed by atoms with Crippen molar-refractivity contribution in [1.82, 2.24) is 10.2 Å². The summed E-state index contributed by atoms with van der Waals surface area (Å²) in [6.07, 6.45) is 6.07. The summed E-state index contributed by atoms with van der Waals surface area (Å²) in [6, 6.07) is 0.704. The monoisotopic (exact) mass is 300 g/mol. The molecule has 3 fully saturated rings. The Hall–Kier alpha value is -0.710. The van der Waals surface area contributed by atoms with E-state index in [9.17, 15) is 13.6 Å². The van der Waals surface area contributed by atoms with E-state index in [-0.39, 0.29) is 30.7 Å². The van der Waals surface area contributed by atoms with Crippen molar-refractivity contribution >= 4 is 5.91 Å². The molecule has 2 atom stereocenters. The maximum absolute atomic E-state index is 13.3. The number of amides is 1. The number of carbonyl (C=O) groups is 1. The van der Waals surface area contributed by atoms with E-state index in [0.717, 1.165) is 32.4 Å². The third-order valence-corrected chi connectivity index (χ3v) is 5.46. The van der Waals surface area contributed by atoms with Crippen LogP contribution in [0.15, 0.2) is 0 Å². The maximum atomic E-state index is 13.3. The molecule has 0 bridgehead atoms. The molecule has 1 amide bonds. The van der Waals surface area contributed by atoms with Gasteiger partial charge < -0.3 is 10.2 Å². The summed E-state index contributed by atoms with van der Waals surface area (Å²) in [5, 5.41) is 3.51. The highest BCUT2D eigenvalue weighted by Crippen LogP contribution is 2.38. The molecule has 0 aromatic heterocycles. The second kappa shape index (κ2) is 6.19. The summed E-state index contributed by atoms with van der Waals surface area (Å²) in [5.74, 6) is -2.58. The zero-order chi connectivity index (χ0) is 14.9. The summed E-state index contributed by atoms with van der Waals surface area (Å²) in [4.78, 5) is 14.8. The molecule has 21 heavy (non-hydrogen) atoms. The van der Waals surface area contributed by atoms with Crippen molar-refractivity contribution in [3.63, 3.8) is 0 Å². The van der Waals surface area contributed by atoms with E-state index < -0.39 is 5.92 Å². The van der Waals surface area contributed by atoms with Crippen LogP contribution in [-0.4, -0.2) is 41.9 Å². The Morgan fingerprint density at radius 3 is 2.48 bits per heavy atom. The Kier molecular flexibility index (Phi) is 4.48. The average Bonchev–Trinajstić information content (AvgIpc) is 3.01. The molecule has 120 valence electrons. The van der Waals surface area contributed by atoms with E-state index in [4.69, 9.17) is 0 Å². The van der Waals surface area contributed by atoms with Gasteiger partial charge in [-0.1, -0.05) is 0 Å². The number of hydrogen-bond acceptors (Lipinski definition) is 2. The number of carbonyl (C=O) groups excluding carboxylic acids is 1. The summed E-state index contributed by atoms with van der Waals surface area (Å²) < 4.78 is 26.5. The molecule has 1 saturated carbocycles. The molecule has 1 aliphatic carbocycles. The van der Waals surface area contributed by atoms with Crippen molar-refractivity contribution in [1.29, 1.82) is 0 Å². The van der Waals surface area contributed by atoms with Crippen molar-refractivity contribution in [3.8, 4) is 0 Å². The molecule has 2 saturated heterocycles. The number of nitrogens with zero attached hydrogens (tertiary/aromatic N) is 1. The van der Waals surface area contributed by atoms with Crippen LogP contribution in [0.5, 0.6) is 0 Å². The Labute approximate surface area is 125 Å². The molecule has 0 spiro atoms. The van der Waals surface area contributed by atoms with Crippen molar-refractivity contribution in [3.05, 3.63) is 0 Å². The minimum atomic E-state index is -2.55. The van der Waals surface area contributed by atoms with Crippen LogP contribution < -0.4 is 5.32 Å². The Morgan fingerprint density at radius 1 is 1.05 bits per heavy atom. The zero-order valence-corrected chi connectivity index (χ0v) is 12.6. The molecule has 3 nitrogen and oxygen atoms in total. The van der Waals surface area contributed by atoms with Gasteiger partial charge in [0.25, 0.3) is 0 Å². The van der Waals surface area contributed by atoms with Gasteiger partial charge in [-0.25, -0.2) is 8.78 Å². The number of rotatable bonds is 2. The average molecular weight is 300 g/mol. The quantitative estimate of drug-likeness (QED) is 0.850. The van der Waals surface area contributed by atoms with Crippen molar-refractivity contribution in [2.24, 2.45) is 5.92 Å². The van der Waals surface area contributed by atoms with Crippen LogP contribution in [0.25, 0.3) is 0 Å². The predicted octanol–water partition coefficient (Wildman–Crippen LogP) is 2.95. The summed E-state index contributed by atoms with van der Waals surface area (Å²) in [5.41, 5.74) is 0. The Morgan fingerprint density at radius 2 is 1.81 bits per heavy atom. The summed E-state index contributed by atoms with van der Waals surface area (Å²) >= 11 is 0. The van der Waals surface area contributed by atoms with E-state index in [2.05, 4.69) is 5.32 Å². The minimum absolute atomic E-state index is 0.121. The molecular formula is C16H26F2N2O. The van der Waals surface area contributed by atoms with E-state index in [1.165, 1.54) is 12.8 Å². The molecule has 0 radical (unpaired) electrons. The Balaban J connectivity index is 1.64. The van der Waals surface area contributed by atoms with Crippen molar-refractivity contribution in [2.75, 3.05) is 13.1 Å². The van der Waals surface area contributed by atoms with Gasteiger partial charge in [0.1, 0.15) is 0 Å². The maximum Gasteiger partial charge on any atom is 0.248 e. The minimum Gasteiger partial charge on any atom is -0.338 e. The van der Waals surface area contributed by atoms with Crippen LogP contribution >= 0.6 is 0 Å². The first-order valence-electron chi connectivity index (χ1n) is 8.48. The molecule has 1 N–H and O–H groups in total. The first-order chi connectivity index (χ1) is 10.1. The van der Waals surface area contributed by atoms with E-state index in [1.54, 1.807) is 0 Å². The first-order valence-corrected chi connectivity index (χ1v) is 8.48. The van der Waals surface area contributed by atoms with E-state index >= 15 is 0 Å². The number of piperidine rings is 1. The number of hydrogen-bond donors (Lipinski definition) is 1. The lowest BCUT2D eigenvalue weighted by atomic mass is 9.84. The Bertz CT molecular complexity index is 372. The first kappa shape index (κ1) is 15.2. The van der Waals surface area contributed by atoms with Crippen LogP contribution in [0.4, 0.5) is 8.78 Å². The highest BCUT2D eigenvalue weighted by molar-refractivity contribution is 5.79. The number of halogens is 2. The van der Waals surface area contributed by atoms with Gasteiger partial charge in [0.15, 0.2) is 0 Å². The third kappa shape index (κ3) is 3.38. The predicted molar refractivity (Wildman–Crippen MR) is 77.3 cm³/mol. The second-order valence-corrected chi connectivity index (χ2v) is 6.93. The highest BCUT2D eigenvalue weighted by Gasteiger charge is 2.41. The largest absolute Gasteiger partial charge is 0.338 e. The smallest absolute Gasteiger partial charge is 0.248 e. The lowest BCUT2D eigenvalue weighted by Crippen LogP contribution is -2.54. The zero-order valence-electron chi connectivity index (χ0n) is 12.6. The molecule has 3 aliphatic rings. The van der Waals surface area contributed by atoms with Gasteiger partial charge in [0.2, 0.25) is 11.8 Å². The third-order valence-electron chi connectivity index (χ3n) is 5.46. The normalized spacial score (nSPS) is 34.1. The van der Waals surface area contributed by atoms with Crippen molar-refractivity contribution < 1.29 is 13.6 Å². The van der Waals surface area contributed by atoms with Gasteiger partial charge in [0.05, 0.1) is 0 Å². The molecular weight excluding hydrogens is 274 g/mol. The van der Waals surface area contributed by atoms with Gasteiger partial charge in [0, 0.05) is 37.4 Å². The standard InChI is InChI=1S/C16H26F2N2O/c17-16(18)8-6-12(7-9-16)15(21)20-11-2-1-5-14(20)13-4-3-10-19-13/h12-14,19H,1-11H2. The number of nitrogens with one attached hydrogen (secondary N) is 1. The molecule has 0 aromatic carbocycles. The van der Waals surface area contributed by atoms with Crippen LogP contribution in [0.1, 0.15) is 57.8 Å². The van der Waals surface area contributed by atoms with Gasteiger partial charge in [-0.15, -0.1) is 0 Å². The molecule has 2 aliphatic heterocycles. The number of likely N-dealkylation sites (tertiary alicyclic amines) is 1. The van der Waals surface area contributed by atoms with E-state index in [1.807, 2.05) is 4.90 Å². The lowest BCUT2D eigenvalue weighted by Gasteiger charge is -2.42. The van der Waals surface area contributed by atoms with Gasteiger partial charge in [-0.05, 0) is 51.5 Å². The molecule has 5 heteroatoms. The van der Waals surface area contributed by atoms with Crippen LogP contribution in [0.2, 0.25) is 0 Å². The van der Waals surface area contributed by atoms with Gasteiger partial charge >= 0.3 is 0 Å². The summed E-state index contributed by atoms with van der Waals surface area (Å²) in [6.45, 7) is 1.85. The molecule has 3 rings (SSSR count). The van der Waals surface area contributed by atoms with Crippen LogP contribution in [-0.2, 0) is 4.79 Å². The lowest BCUT2D eigenvalue weighted by molar-refractivity contribution is -0.144. The topological polar surface area (TPSA) is 32.3 Å². The molecule has 0 aromatic rings. The molecule has 2 heterocycles. The van der Waals surface area contributed by atoms with Gasteiger partial charge in [-0.2, -0.15) is 0 Å². The number of alkyl halides is 2. The fourth-order valence-corrected chi connectivity index (χ4v) is 4.21. The molecule has 2 unspecified atom stereocenters. The summed E-state index contributed by atoms with van der Waals surface area (Å²) in [7, 11) is 0.